The minimum absolute atomic E-state index is 0.00914. The molecule has 3 aromatic carbocycles. The number of aliphatic imine (C=N–C) groups is 1. The number of fused-ring (bicyclic) bond motifs is 1. The van der Waals surface area contributed by atoms with Crippen LogP contribution < -0.4 is 10.2 Å². The van der Waals surface area contributed by atoms with Crippen molar-refractivity contribution in [3.63, 3.8) is 0 Å². The van der Waals surface area contributed by atoms with E-state index in [1.807, 2.05) is 48.5 Å². The van der Waals surface area contributed by atoms with Crippen LogP contribution in [-0.4, -0.2) is 89.2 Å². The van der Waals surface area contributed by atoms with Crippen LogP contribution in [0.4, 0.5) is 15.8 Å². The molecule has 0 aliphatic carbocycles. The molecule has 0 unspecified atom stereocenters. The minimum atomic E-state index is -0.433. The van der Waals surface area contributed by atoms with E-state index in [2.05, 4.69) is 32.1 Å². The number of benzene rings is 3. The summed E-state index contributed by atoms with van der Waals surface area (Å²) in [6.45, 7) is 4.21. The number of H-pyrrole nitrogens is 1. The quantitative estimate of drug-likeness (QED) is 0.203. The number of rotatable bonds is 9. The molecule has 1 aliphatic heterocycles. The summed E-state index contributed by atoms with van der Waals surface area (Å²) >= 11 is 0. The van der Waals surface area contributed by atoms with Gasteiger partial charge in [0.25, 0.3) is 5.91 Å². The zero-order valence-corrected chi connectivity index (χ0v) is 26.3. The first-order chi connectivity index (χ1) is 22.7. The van der Waals surface area contributed by atoms with Crippen molar-refractivity contribution >= 4 is 39.8 Å². The van der Waals surface area contributed by atoms with Gasteiger partial charge in [-0.1, -0.05) is 18.2 Å². The highest BCUT2D eigenvalue weighted by Crippen LogP contribution is 2.32. The molecule has 1 fully saturated rings. The summed E-state index contributed by atoms with van der Waals surface area (Å²) in [5.74, 6) is -0.821. The molecule has 3 N–H and O–H groups in total. The van der Waals surface area contributed by atoms with Crippen molar-refractivity contribution in [3.05, 3.63) is 119 Å². The van der Waals surface area contributed by atoms with Gasteiger partial charge in [-0.25, -0.2) is 9.38 Å². The average molecular weight is 634 g/mol. The van der Waals surface area contributed by atoms with Crippen molar-refractivity contribution < 1.29 is 19.1 Å². The fourth-order valence-electron chi connectivity index (χ4n) is 5.60. The lowest BCUT2D eigenvalue weighted by atomic mass is 9.99. The zero-order valence-electron chi connectivity index (χ0n) is 26.3. The van der Waals surface area contributed by atoms with Gasteiger partial charge < -0.3 is 25.2 Å². The van der Waals surface area contributed by atoms with E-state index in [1.54, 1.807) is 36.3 Å². The third-order valence-corrected chi connectivity index (χ3v) is 8.36. The number of halogens is 1. The number of anilines is 1. The number of aromatic amines is 1. The maximum atomic E-state index is 14.1. The second kappa shape index (κ2) is 13.9. The first-order valence-corrected chi connectivity index (χ1v) is 15.4. The van der Waals surface area contributed by atoms with E-state index in [4.69, 9.17) is 4.99 Å². The molecular weight excluding hydrogens is 597 g/mol. The first-order valence-electron chi connectivity index (χ1n) is 15.4. The third-order valence-electron chi connectivity index (χ3n) is 8.36. The van der Waals surface area contributed by atoms with Crippen LogP contribution in [0.2, 0.25) is 0 Å². The highest BCUT2D eigenvalue weighted by molar-refractivity contribution is 6.22. The van der Waals surface area contributed by atoms with E-state index in [1.165, 1.54) is 18.3 Å². The largest absolute Gasteiger partial charge is 0.494 e. The smallest absolute Gasteiger partial charge is 0.253 e. The first kappa shape index (κ1) is 31.6. The lowest BCUT2D eigenvalue weighted by Crippen LogP contribution is -2.48. The van der Waals surface area contributed by atoms with Crippen LogP contribution in [0.1, 0.15) is 27.0 Å². The van der Waals surface area contributed by atoms with Crippen molar-refractivity contribution in [3.8, 4) is 5.88 Å². The highest BCUT2D eigenvalue weighted by atomic mass is 19.1. The number of carbonyl (C=O) groups is 2. The van der Waals surface area contributed by atoms with E-state index in [0.717, 1.165) is 37.4 Å². The Bertz CT molecular complexity index is 1920. The molecule has 0 radical (unpaired) electrons. The number of amides is 2. The van der Waals surface area contributed by atoms with Gasteiger partial charge in [0.15, 0.2) is 5.88 Å². The van der Waals surface area contributed by atoms with E-state index in [-0.39, 0.29) is 24.2 Å². The van der Waals surface area contributed by atoms with Crippen molar-refractivity contribution in [2.75, 3.05) is 51.7 Å². The standard InChI is InChI=1S/C36H36FN7O3/c1-42-15-17-44(18-16-42)23-32(45)43(2)29-11-9-28(10-12-29)40-34(33-30-13-8-27(37)20-31(30)41-36(33)47)25-6-3-5-24(19-25)21-39-35(46)26-7-4-14-38-22-26/h3-14,19-20,22,41,47H,15-18,21,23H2,1-2H3,(H,39,46). The Labute approximate surface area is 272 Å². The van der Waals surface area contributed by atoms with Gasteiger partial charge in [0.1, 0.15) is 5.82 Å². The van der Waals surface area contributed by atoms with Gasteiger partial charge in [-0.3, -0.25) is 19.5 Å². The van der Waals surface area contributed by atoms with Crippen LogP contribution in [0.25, 0.3) is 10.9 Å². The molecule has 2 amide bonds. The van der Waals surface area contributed by atoms with Crippen LogP contribution in [0.15, 0.2) is 96.2 Å². The van der Waals surface area contributed by atoms with Gasteiger partial charge in [-0.15, -0.1) is 0 Å². The molecule has 5 aromatic rings. The molecule has 2 aromatic heterocycles. The fraction of sp³-hybridized carbons (Fsp3) is 0.222. The number of piperazine rings is 1. The Morgan fingerprint density at radius 3 is 2.51 bits per heavy atom. The van der Waals surface area contributed by atoms with E-state index >= 15 is 0 Å². The summed E-state index contributed by atoms with van der Waals surface area (Å²) in [5, 5.41) is 14.6. The number of nitrogens with zero attached hydrogens (tertiary/aromatic N) is 5. The van der Waals surface area contributed by atoms with Gasteiger partial charge in [-0.05, 0) is 73.3 Å². The molecule has 240 valence electrons. The molecule has 1 aliphatic rings. The van der Waals surface area contributed by atoms with Gasteiger partial charge in [0.2, 0.25) is 5.91 Å². The van der Waals surface area contributed by atoms with E-state index < -0.39 is 5.82 Å². The van der Waals surface area contributed by atoms with Crippen molar-refractivity contribution in [1.29, 1.82) is 0 Å². The zero-order chi connectivity index (χ0) is 32.9. The molecule has 0 bridgehead atoms. The number of hydrogen-bond acceptors (Lipinski definition) is 7. The van der Waals surface area contributed by atoms with Crippen LogP contribution >= 0.6 is 0 Å². The number of pyridine rings is 1. The summed E-state index contributed by atoms with van der Waals surface area (Å²) in [4.78, 5) is 43.6. The number of aromatic hydroxyl groups is 1. The van der Waals surface area contributed by atoms with Gasteiger partial charge in [0.05, 0.1) is 34.6 Å². The molecule has 0 spiro atoms. The number of likely N-dealkylation sites (N-methyl/N-ethyl adjacent to an activating group) is 2. The number of hydrogen-bond donors (Lipinski definition) is 3. The summed E-state index contributed by atoms with van der Waals surface area (Å²) in [5.41, 5.74) is 4.58. The molecule has 0 saturated carbocycles. The van der Waals surface area contributed by atoms with E-state index in [0.29, 0.717) is 45.5 Å². The number of aromatic nitrogens is 2. The molecule has 3 heterocycles. The van der Waals surface area contributed by atoms with Crippen molar-refractivity contribution in [1.82, 2.24) is 25.1 Å². The molecule has 10 nitrogen and oxygen atoms in total. The van der Waals surface area contributed by atoms with E-state index in [9.17, 15) is 19.1 Å². The summed E-state index contributed by atoms with van der Waals surface area (Å²) in [6.07, 6.45) is 3.11. The second-order valence-corrected chi connectivity index (χ2v) is 11.7. The summed E-state index contributed by atoms with van der Waals surface area (Å²) in [7, 11) is 3.85. The Kier molecular flexibility index (Phi) is 9.37. The lowest BCUT2D eigenvalue weighted by molar-refractivity contribution is -0.119. The van der Waals surface area contributed by atoms with Gasteiger partial charge in [0, 0.05) is 68.8 Å². The van der Waals surface area contributed by atoms with Crippen LogP contribution in [0, 0.1) is 5.82 Å². The Balaban J connectivity index is 1.29. The van der Waals surface area contributed by atoms with Crippen molar-refractivity contribution in [2.45, 2.75) is 6.54 Å². The predicted molar refractivity (Wildman–Crippen MR) is 181 cm³/mol. The Morgan fingerprint density at radius 2 is 1.77 bits per heavy atom. The normalized spacial score (nSPS) is 14.3. The fourth-order valence-corrected chi connectivity index (χ4v) is 5.60. The third kappa shape index (κ3) is 7.37. The summed E-state index contributed by atoms with van der Waals surface area (Å²) < 4.78 is 14.1. The Hall–Kier alpha value is -5.39. The predicted octanol–water partition coefficient (Wildman–Crippen LogP) is 4.72. The maximum absolute atomic E-state index is 14.1. The van der Waals surface area contributed by atoms with Crippen molar-refractivity contribution in [2.24, 2.45) is 4.99 Å². The molecule has 6 rings (SSSR count). The minimum Gasteiger partial charge on any atom is -0.494 e. The lowest BCUT2D eigenvalue weighted by Gasteiger charge is -2.32. The molecule has 11 heteroatoms. The monoisotopic (exact) mass is 633 g/mol. The average Bonchev–Trinajstić information content (AvgIpc) is 3.41. The molecule has 47 heavy (non-hydrogen) atoms. The van der Waals surface area contributed by atoms with Gasteiger partial charge >= 0.3 is 0 Å². The number of carbonyl (C=O) groups excluding carboxylic acids is 2. The molecule has 0 atom stereocenters. The highest BCUT2D eigenvalue weighted by Gasteiger charge is 2.21. The second-order valence-electron chi connectivity index (χ2n) is 11.7. The topological polar surface area (TPSA) is 117 Å². The molecule has 1 saturated heterocycles. The van der Waals surface area contributed by atoms with Crippen LogP contribution in [-0.2, 0) is 11.3 Å². The Morgan fingerprint density at radius 1 is 1.00 bits per heavy atom. The summed E-state index contributed by atoms with van der Waals surface area (Å²) in [6, 6.07) is 22.5. The maximum Gasteiger partial charge on any atom is 0.253 e. The van der Waals surface area contributed by atoms with Crippen LogP contribution in [0.3, 0.4) is 0 Å². The number of nitrogens with one attached hydrogen (secondary N) is 2. The molecular formula is C36H36FN7O3. The SMILES string of the molecule is CN1CCN(CC(=O)N(C)c2ccc(N=C(c3cccc(CNC(=O)c4cccnc4)c3)c3c(O)[nH]c4cc(F)ccc34)cc2)CC1. The van der Waals surface area contributed by atoms with Crippen LogP contribution in [0.5, 0.6) is 5.88 Å². The van der Waals surface area contributed by atoms with Gasteiger partial charge in [-0.2, -0.15) is 0 Å².